The van der Waals surface area contributed by atoms with Crippen molar-refractivity contribution < 1.29 is 9.18 Å². The summed E-state index contributed by atoms with van der Waals surface area (Å²) in [5, 5.41) is 7.28. The van der Waals surface area contributed by atoms with Crippen LogP contribution in [0.15, 0.2) is 12.1 Å². The molecule has 13 heavy (non-hydrogen) atoms. The predicted octanol–water partition coefficient (Wildman–Crippen LogP) is 1.61. The molecule has 3 N–H and O–H groups in total. The average molecular weight is 180 g/mol. The SMILES string of the molecule is CC(=N)c1cc(C=O)cc(F)c1N. The lowest BCUT2D eigenvalue weighted by molar-refractivity contribution is 0.112. The van der Waals surface area contributed by atoms with Crippen LogP contribution in [0.1, 0.15) is 22.8 Å². The first-order chi connectivity index (χ1) is 6.06. The molecule has 1 rings (SSSR count). The van der Waals surface area contributed by atoms with Crippen molar-refractivity contribution in [2.45, 2.75) is 6.92 Å². The average Bonchev–Trinajstić information content (AvgIpc) is 2.09. The van der Waals surface area contributed by atoms with Crippen molar-refractivity contribution in [3.63, 3.8) is 0 Å². The fourth-order valence-corrected chi connectivity index (χ4v) is 1.02. The molecule has 0 aliphatic heterocycles. The van der Waals surface area contributed by atoms with Gasteiger partial charge in [-0.3, -0.25) is 4.79 Å². The van der Waals surface area contributed by atoms with Gasteiger partial charge in [-0.15, -0.1) is 0 Å². The first-order valence-electron chi connectivity index (χ1n) is 3.66. The van der Waals surface area contributed by atoms with E-state index in [1.807, 2.05) is 0 Å². The monoisotopic (exact) mass is 180 g/mol. The van der Waals surface area contributed by atoms with Crippen LogP contribution in [0, 0.1) is 11.2 Å². The molecule has 3 nitrogen and oxygen atoms in total. The number of carbonyl (C=O) groups is 1. The second-order valence-corrected chi connectivity index (χ2v) is 2.71. The third kappa shape index (κ3) is 1.72. The molecule has 1 aromatic rings. The van der Waals surface area contributed by atoms with E-state index in [0.717, 1.165) is 6.07 Å². The predicted molar refractivity (Wildman–Crippen MR) is 48.7 cm³/mol. The lowest BCUT2D eigenvalue weighted by Gasteiger charge is -2.05. The number of benzene rings is 1. The largest absolute Gasteiger partial charge is 0.396 e. The van der Waals surface area contributed by atoms with E-state index in [-0.39, 0.29) is 22.5 Å². The maximum absolute atomic E-state index is 13.0. The topological polar surface area (TPSA) is 66.9 Å². The Morgan fingerprint density at radius 2 is 2.23 bits per heavy atom. The molecule has 0 atom stereocenters. The Hall–Kier alpha value is -1.71. The minimum atomic E-state index is -0.661. The molecule has 68 valence electrons. The molecule has 0 spiro atoms. The highest BCUT2D eigenvalue weighted by Gasteiger charge is 2.08. The number of nitrogen functional groups attached to an aromatic ring is 1. The van der Waals surface area contributed by atoms with Gasteiger partial charge < -0.3 is 11.1 Å². The zero-order chi connectivity index (χ0) is 10.0. The fraction of sp³-hybridized carbons (Fsp3) is 0.111. The summed E-state index contributed by atoms with van der Waals surface area (Å²) in [6.45, 7) is 1.49. The van der Waals surface area contributed by atoms with Crippen molar-refractivity contribution in [3.05, 3.63) is 29.1 Å². The van der Waals surface area contributed by atoms with Crippen molar-refractivity contribution in [2.24, 2.45) is 0 Å². The standard InChI is InChI=1S/C9H9FN2O/c1-5(11)7-2-6(4-13)3-8(10)9(7)12/h2-4,11H,12H2,1H3. The molecule has 4 heteroatoms. The van der Waals surface area contributed by atoms with Crippen LogP contribution in [-0.2, 0) is 0 Å². The van der Waals surface area contributed by atoms with Gasteiger partial charge in [-0.25, -0.2) is 4.39 Å². The Balaban J connectivity index is 3.41. The molecule has 0 aliphatic rings. The molecule has 0 saturated carbocycles. The van der Waals surface area contributed by atoms with Gasteiger partial charge in [0, 0.05) is 16.8 Å². The molecule has 0 bridgehead atoms. The van der Waals surface area contributed by atoms with E-state index in [2.05, 4.69) is 0 Å². The minimum absolute atomic E-state index is 0.0851. The summed E-state index contributed by atoms with van der Waals surface area (Å²) in [5.74, 6) is -0.661. The number of hydrogen-bond acceptors (Lipinski definition) is 3. The Kier molecular flexibility index (Phi) is 2.41. The van der Waals surface area contributed by atoms with E-state index in [0.29, 0.717) is 6.29 Å². The van der Waals surface area contributed by atoms with Crippen LogP contribution in [0.25, 0.3) is 0 Å². The number of hydrogen-bond donors (Lipinski definition) is 2. The molecule has 1 aromatic carbocycles. The molecule has 0 unspecified atom stereocenters. The molecular weight excluding hydrogens is 171 g/mol. The Morgan fingerprint density at radius 3 is 2.69 bits per heavy atom. The maximum atomic E-state index is 13.0. The van der Waals surface area contributed by atoms with E-state index >= 15 is 0 Å². The van der Waals surface area contributed by atoms with Gasteiger partial charge in [0.2, 0.25) is 0 Å². The van der Waals surface area contributed by atoms with Crippen LogP contribution in [0.2, 0.25) is 0 Å². The second kappa shape index (κ2) is 3.35. The smallest absolute Gasteiger partial charge is 0.150 e. The van der Waals surface area contributed by atoms with Gasteiger partial charge >= 0.3 is 0 Å². The van der Waals surface area contributed by atoms with Gasteiger partial charge in [0.1, 0.15) is 12.1 Å². The van der Waals surface area contributed by atoms with E-state index in [4.69, 9.17) is 11.1 Å². The first kappa shape index (κ1) is 9.38. The molecule has 0 radical (unpaired) electrons. The van der Waals surface area contributed by atoms with Crippen LogP contribution in [-0.4, -0.2) is 12.0 Å². The molecule has 0 amide bonds. The summed E-state index contributed by atoms with van der Waals surface area (Å²) in [5.41, 5.74) is 5.88. The van der Waals surface area contributed by atoms with E-state index in [9.17, 15) is 9.18 Å². The third-order valence-corrected chi connectivity index (χ3v) is 1.69. The molecule has 0 saturated heterocycles. The summed E-state index contributed by atoms with van der Waals surface area (Å²) >= 11 is 0. The third-order valence-electron chi connectivity index (χ3n) is 1.69. The van der Waals surface area contributed by atoms with Crippen molar-refractivity contribution in [1.82, 2.24) is 0 Å². The zero-order valence-electron chi connectivity index (χ0n) is 7.10. The van der Waals surface area contributed by atoms with Gasteiger partial charge in [0.05, 0.1) is 5.69 Å². The van der Waals surface area contributed by atoms with Crippen LogP contribution in [0.5, 0.6) is 0 Å². The van der Waals surface area contributed by atoms with Crippen molar-refractivity contribution in [2.75, 3.05) is 5.73 Å². The molecule has 0 aliphatic carbocycles. The summed E-state index contributed by atoms with van der Waals surface area (Å²) in [4.78, 5) is 10.4. The van der Waals surface area contributed by atoms with E-state index in [1.165, 1.54) is 13.0 Å². The van der Waals surface area contributed by atoms with Crippen LogP contribution in [0.4, 0.5) is 10.1 Å². The van der Waals surface area contributed by atoms with Gasteiger partial charge in [0.25, 0.3) is 0 Å². The highest BCUT2D eigenvalue weighted by atomic mass is 19.1. The number of anilines is 1. The minimum Gasteiger partial charge on any atom is -0.396 e. The van der Waals surface area contributed by atoms with E-state index in [1.54, 1.807) is 0 Å². The zero-order valence-corrected chi connectivity index (χ0v) is 7.10. The Labute approximate surface area is 74.9 Å². The Bertz CT molecular complexity index is 374. The van der Waals surface area contributed by atoms with Crippen molar-refractivity contribution in [1.29, 1.82) is 5.41 Å². The molecule has 0 heterocycles. The van der Waals surface area contributed by atoms with Crippen LogP contribution >= 0.6 is 0 Å². The van der Waals surface area contributed by atoms with Gasteiger partial charge in [-0.2, -0.15) is 0 Å². The fourth-order valence-electron chi connectivity index (χ4n) is 1.02. The maximum Gasteiger partial charge on any atom is 0.150 e. The number of rotatable bonds is 2. The second-order valence-electron chi connectivity index (χ2n) is 2.71. The summed E-state index contributed by atoms with van der Waals surface area (Å²) in [6.07, 6.45) is 0.523. The van der Waals surface area contributed by atoms with Crippen molar-refractivity contribution in [3.8, 4) is 0 Å². The Morgan fingerprint density at radius 1 is 1.62 bits per heavy atom. The van der Waals surface area contributed by atoms with Gasteiger partial charge in [-0.05, 0) is 19.1 Å². The number of nitrogens with one attached hydrogen (secondary N) is 1. The first-order valence-corrected chi connectivity index (χ1v) is 3.66. The summed E-state index contributed by atoms with van der Waals surface area (Å²) < 4.78 is 13.0. The normalized spacial score (nSPS) is 9.69. The quantitative estimate of drug-likeness (QED) is 0.412. The van der Waals surface area contributed by atoms with Gasteiger partial charge in [-0.1, -0.05) is 0 Å². The highest BCUT2D eigenvalue weighted by Crippen LogP contribution is 2.18. The molecule has 0 aromatic heterocycles. The summed E-state index contributed by atoms with van der Waals surface area (Å²) in [7, 11) is 0. The lowest BCUT2D eigenvalue weighted by atomic mass is 10.1. The number of carbonyl (C=O) groups excluding carboxylic acids is 1. The number of aldehydes is 1. The van der Waals surface area contributed by atoms with Gasteiger partial charge in [0.15, 0.2) is 0 Å². The van der Waals surface area contributed by atoms with Crippen molar-refractivity contribution >= 4 is 17.7 Å². The summed E-state index contributed by atoms with van der Waals surface area (Å²) in [6, 6.07) is 2.45. The molecular formula is C9H9FN2O. The number of nitrogens with two attached hydrogens (primary N) is 1. The lowest BCUT2D eigenvalue weighted by Crippen LogP contribution is -2.03. The molecule has 0 fully saturated rings. The van der Waals surface area contributed by atoms with E-state index < -0.39 is 5.82 Å². The van der Waals surface area contributed by atoms with Crippen LogP contribution in [0.3, 0.4) is 0 Å². The van der Waals surface area contributed by atoms with Crippen LogP contribution < -0.4 is 5.73 Å². The number of halogens is 1. The highest BCUT2D eigenvalue weighted by molar-refractivity contribution is 6.02.